The molecule has 2 aromatic rings. The topological polar surface area (TPSA) is 49.8 Å². The van der Waals surface area contributed by atoms with Crippen molar-refractivity contribution in [2.75, 3.05) is 17.7 Å². The third-order valence-electron chi connectivity index (χ3n) is 2.46. The Kier molecular flexibility index (Phi) is 4.43. The summed E-state index contributed by atoms with van der Waals surface area (Å²) >= 11 is 11.9. The Morgan fingerprint density at radius 2 is 1.71 bits per heavy atom. The smallest absolute Gasteiger partial charge is 0.357 e. The maximum atomic E-state index is 12.8. The number of hydrogen-bond donors (Lipinski definition) is 2. The Morgan fingerprint density at radius 1 is 1.10 bits per heavy atom. The normalized spacial score (nSPS) is 11.3. The van der Waals surface area contributed by atoms with Gasteiger partial charge in [-0.05, 0) is 12.1 Å². The predicted molar refractivity (Wildman–Crippen MR) is 76.3 cm³/mol. The lowest BCUT2D eigenvalue weighted by molar-refractivity contribution is -0.141. The standard InChI is InChI=1S/C12H9Cl2F3N4/c1-18-11-19-8(12(15,16)17)5-9(21-11)20-10-6(13)3-2-4-7(10)14/h2-5H,1H3,(H2,18,19,20,21). The van der Waals surface area contributed by atoms with Gasteiger partial charge in [0.15, 0.2) is 5.69 Å². The van der Waals surface area contributed by atoms with Crippen LogP contribution in [0.3, 0.4) is 0 Å². The summed E-state index contributed by atoms with van der Waals surface area (Å²) in [6.45, 7) is 0. The van der Waals surface area contributed by atoms with Crippen LogP contribution in [0.15, 0.2) is 24.3 Å². The molecule has 0 atom stereocenters. The first-order valence-corrected chi connectivity index (χ1v) is 6.42. The van der Waals surface area contributed by atoms with Crippen molar-refractivity contribution in [3.05, 3.63) is 40.0 Å². The highest BCUT2D eigenvalue weighted by Gasteiger charge is 2.33. The lowest BCUT2D eigenvalue weighted by Crippen LogP contribution is -2.12. The van der Waals surface area contributed by atoms with Gasteiger partial charge in [-0.3, -0.25) is 0 Å². The molecule has 0 saturated carbocycles. The summed E-state index contributed by atoms with van der Waals surface area (Å²) in [6, 6.07) is 5.51. The molecule has 1 heterocycles. The van der Waals surface area contributed by atoms with Crippen molar-refractivity contribution < 1.29 is 13.2 Å². The second-order valence-electron chi connectivity index (χ2n) is 3.93. The number of nitrogens with zero attached hydrogens (tertiary/aromatic N) is 2. The van der Waals surface area contributed by atoms with Gasteiger partial charge in [-0.15, -0.1) is 0 Å². The molecule has 112 valence electrons. The molecule has 0 radical (unpaired) electrons. The van der Waals surface area contributed by atoms with Crippen LogP contribution in [0.25, 0.3) is 0 Å². The maximum Gasteiger partial charge on any atom is 0.433 e. The van der Waals surface area contributed by atoms with Gasteiger partial charge in [0, 0.05) is 13.1 Å². The molecular formula is C12H9Cl2F3N4. The first-order valence-electron chi connectivity index (χ1n) is 5.66. The van der Waals surface area contributed by atoms with Crippen LogP contribution in [0.4, 0.5) is 30.6 Å². The van der Waals surface area contributed by atoms with E-state index in [-0.39, 0.29) is 27.5 Å². The van der Waals surface area contributed by atoms with Gasteiger partial charge in [-0.1, -0.05) is 29.3 Å². The number of aromatic nitrogens is 2. The van der Waals surface area contributed by atoms with E-state index >= 15 is 0 Å². The van der Waals surface area contributed by atoms with E-state index < -0.39 is 11.9 Å². The zero-order valence-corrected chi connectivity index (χ0v) is 12.1. The van der Waals surface area contributed by atoms with Crippen molar-refractivity contribution in [1.29, 1.82) is 0 Å². The van der Waals surface area contributed by atoms with Crippen LogP contribution < -0.4 is 10.6 Å². The molecule has 2 rings (SSSR count). The fourth-order valence-electron chi connectivity index (χ4n) is 1.51. The number of halogens is 5. The summed E-state index contributed by atoms with van der Waals surface area (Å²) in [7, 11) is 1.42. The first-order chi connectivity index (χ1) is 9.81. The fraction of sp³-hybridized carbons (Fsp3) is 0.167. The molecule has 0 bridgehead atoms. The van der Waals surface area contributed by atoms with Gasteiger partial charge in [0.2, 0.25) is 5.95 Å². The highest BCUT2D eigenvalue weighted by atomic mass is 35.5. The number of anilines is 3. The molecule has 0 saturated heterocycles. The van der Waals surface area contributed by atoms with E-state index in [4.69, 9.17) is 23.2 Å². The predicted octanol–water partition coefficient (Wildman–Crippen LogP) is 4.59. The Morgan fingerprint density at radius 3 is 2.24 bits per heavy atom. The minimum Gasteiger partial charge on any atom is -0.357 e. The van der Waals surface area contributed by atoms with Crippen LogP contribution in [-0.4, -0.2) is 17.0 Å². The second-order valence-corrected chi connectivity index (χ2v) is 4.75. The van der Waals surface area contributed by atoms with E-state index in [2.05, 4.69) is 20.6 Å². The summed E-state index contributed by atoms with van der Waals surface area (Å²) in [5.41, 5.74) is -0.803. The van der Waals surface area contributed by atoms with Crippen LogP contribution in [0.5, 0.6) is 0 Å². The number of hydrogen-bond acceptors (Lipinski definition) is 4. The van der Waals surface area contributed by atoms with Gasteiger partial charge >= 0.3 is 6.18 Å². The van der Waals surface area contributed by atoms with Crippen LogP contribution in [0.1, 0.15) is 5.69 Å². The summed E-state index contributed by atoms with van der Waals surface area (Å²) in [6.07, 6.45) is -4.59. The van der Waals surface area contributed by atoms with Crippen LogP contribution in [0, 0.1) is 0 Å². The van der Waals surface area contributed by atoms with Gasteiger partial charge in [0.1, 0.15) is 5.82 Å². The highest BCUT2D eigenvalue weighted by molar-refractivity contribution is 6.39. The summed E-state index contributed by atoms with van der Waals surface area (Å²) in [5, 5.41) is 5.67. The van der Waals surface area contributed by atoms with Gasteiger partial charge in [0.25, 0.3) is 0 Å². The number of benzene rings is 1. The number of alkyl halides is 3. The van der Waals surface area contributed by atoms with E-state index in [9.17, 15) is 13.2 Å². The molecular weight excluding hydrogens is 328 g/mol. The largest absolute Gasteiger partial charge is 0.433 e. The van der Waals surface area contributed by atoms with Crippen molar-refractivity contribution in [3.63, 3.8) is 0 Å². The lowest BCUT2D eigenvalue weighted by Gasteiger charge is -2.13. The Labute approximate surface area is 128 Å². The summed E-state index contributed by atoms with van der Waals surface area (Å²) < 4.78 is 38.4. The van der Waals surface area contributed by atoms with Crippen LogP contribution in [-0.2, 0) is 6.18 Å². The minimum absolute atomic E-state index is 0.0725. The molecule has 0 fully saturated rings. The van der Waals surface area contributed by atoms with Crippen molar-refractivity contribution in [1.82, 2.24) is 9.97 Å². The molecule has 1 aromatic heterocycles. The number of para-hydroxylation sites is 1. The monoisotopic (exact) mass is 336 g/mol. The van der Waals surface area contributed by atoms with Crippen molar-refractivity contribution in [2.45, 2.75) is 6.18 Å². The van der Waals surface area contributed by atoms with Gasteiger partial charge < -0.3 is 10.6 Å². The quantitative estimate of drug-likeness (QED) is 0.860. The third-order valence-corrected chi connectivity index (χ3v) is 3.09. The fourth-order valence-corrected chi connectivity index (χ4v) is 2.01. The van der Waals surface area contributed by atoms with Crippen molar-refractivity contribution in [2.24, 2.45) is 0 Å². The molecule has 2 N–H and O–H groups in total. The van der Waals surface area contributed by atoms with E-state index in [0.29, 0.717) is 0 Å². The summed E-state index contributed by atoms with van der Waals surface area (Å²) in [5.74, 6) is -0.243. The molecule has 0 aliphatic rings. The molecule has 0 spiro atoms. The van der Waals surface area contributed by atoms with E-state index in [0.717, 1.165) is 6.07 Å². The Hall–Kier alpha value is -1.73. The SMILES string of the molecule is CNc1nc(Nc2c(Cl)cccc2Cl)cc(C(F)(F)F)n1. The molecule has 0 aliphatic heterocycles. The first kappa shape index (κ1) is 15.7. The van der Waals surface area contributed by atoms with E-state index in [1.807, 2.05) is 0 Å². The average molecular weight is 337 g/mol. The number of nitrogens with one attached hydrogen (secondary N) is 2. The zero-order chi connectivity index (χ0) is 15.6. The summed E-state index contributed by atoms with van der Waals surface area (Å²) in [4.78, 5) is 7.25. The molecule has 0 aliphatic carbocycles. The molecule has 9 heteroatoms. The number of rotatable bonds is 3. The van der Waals surface area contributed by atoms with Gasteiger partial charge in [0.05, 0.1) is 15.7 Å². The lowest BCUT2D eigenvalue weighted by atomic mass is 10.3. The Bertz CT molecular complexity index is 641. The van der Waals surface area contributed by atoms with Crippen LogP contribution >= 0.6 is 23.2 Å². The molecule has 0 amide bonds. The van der Waals surface area contributed by atoms with Crippen molar-refractivity contribution in [3.8, 4) is 0 Å². The maximum absolute atomic E-state index is 12.8. The van der Waals surface area contributed by atoms with Gasteiger partial charge in [-0.2, -0.15) is 18.2 Å². The molecule has 4 nitrogen and oxygen atoms in total. The molecule has 0 unspecified atom stereocenters. The minimum atomic E-state index is -4.59. The van der Waals surface area contributed by atoms with Gasteiger partial charge in [-0.25, -0.2) is 4.98 Å². The van der Waals surface area contributed by atoms with E-state index in [1.165, 1.54) is 7.05 Å². The highest BCUT2D eigenvalue weighted by Crippen LogP contribution is 2.34. The second kappa shape index (κ2) is 5.95. The van der Waals surface area contributed by atoms with Crippen molar-refractivity contribution >= 4 is 40.7 Å². The van der Waals surface area contributed by atoms with E-state index in [1.54, 1.807) is 18.2 Å². The molecule has 21 heavy (non-hydrogen) atoms. The third kappa shape index (κ3) is 3.68. The molecule has 1 aromatic carbocycles. The van der Waals surface area contributed by atoms with Crippen LogP contribution in [0.2, 0.25) is 10.0 Å². The average Bonchev–Trinajstić information content (AvgIpc) is 2.42. The Balaban J connectivity index is 2.45. The zero-order valence-electron chi connectivity index (χ0n) is 10.6.